The lowest BCUT2D eigenvalue weighted by Gasteiger charge is -2.26. The zero-order valence-corrected chi connectivity index (χ0v) is 22.3. The molecule has 2 aromatic carbocycles. The second kappa shape index (κ2) is 11.4. The molecule has 13 heteroatoms. The number of sulfonamides is 2. The summed E-state index contributed by atoms with van der Waals surface area (Å²) < 4.78 is 69.4. The molecule has 1 aliphatic heterocycles. The summed E-state index contributed by atoms with van der Waals surface area (Å²) >= 11 is 0. The van der Waals surface area contributed by atoms with E-state index in [1.807, 2.05) is 0 Å². The summed E-state index contributed by atoms with van der Waals surface area (Å²) in [7, 11) is -3.44. The molecule has 0 unspecified atom stereocenters. The first kappa shape index (κ1) is 27.6. The molecule has 0 saturated carbocycles. The molecule has 198 valence electrons. The highest BCUT2D eigenvalue weighted by atomic mass is 32.2. The van der Waals surface area contributed by atoms with Gasteiger partial charge in [0.1, 0.15) is 23.8 Å². The van der Waals surface area contributed by atoms with Crippen LogP contribution in [0.15, 0.2) is 41.3 Å². The molecular weight excluding hydrogens is 510 g/mol. The molecular formula is C23H31N3O8S2. The van der Waals surface area contributed by atoms with Crippen molar-refractivity contribution in [2.75, 3.05) is 56.8 Å². The van der Waals surface area contributed by atoms with Crippen molar-refractivity contribution in [3.05, 3.63) is 36.4 Å². The molecule has 36 heavy (non-hydrogen) atoms. The van der Waals surface area contributed by atoms with Crippen LogP contribution in [0.2, 0.25) is 0 Å². The number of amides is 1. The highest BCUT2D eigenvalue weighted by Crippen LogP contribution is 2.34. The van der Waals surface area contributed by atoms with Gasteiger partial charge in [0.15, 0.2) is 0 Å². The predicted molar refractivity (Wildman–Crippen MR) is 136 cm³/mol. The van der Waals surface area contributed by atoms with E-state index < -0.39 is 32.5 Å². The Labute approximate surface area is 212 Å². The first-order chi connectivity index (χ1) is 17.0. The summed E-state index contributed by atoms with van der Waals surface area (Å²) in [6.45, 7) is 0.278. The molecule has 0 bridgehead atoms. The number of nitrogens with zero attached hydrogens (tertiary/aromatic N) is 2. The van der Waals surface area contributed by atoms with E-state index in [4.69, 9.17) is 14.2 Å². The van der Waals surface area contributed by atoms with E-state index in [0.717, 1.165) is 29.8 Å². The van der Waals surface area contributed by atoms with Crippen molar-refractivity contribution >= 4 is 37.3 Å². The summed E-state index contributed by atoms with van der Waals surface area (Å²) in [6.07, 6.45) is 3.52. The fourth-order valence-corrected chi connectivity index (χ4v) is 6.30. The van der Waals surface area contributed by atoms with Crippen LogP contribution in [0.25, 0.3) is 0 Å². The van der Waals surface area contributed by atoms with Gasteiger partial charge >= 0.3 is 0 Å². The molecule has 1 N–H and O–H groups in total. The Balaban J connectivity index is 1.90. The maximum atomic E-state index is 13.1. The van der Waals surface area contributed by atoms with Gasteiger partial charge in [-0.25, -0.2) is 16.8 Å². The third kappa shape index (κ3) is 6.20. The summed E-state index contributed by atoms with van der Waals surface area (Å²) in [4.78, 5) is 13.0. The lowest BCUT2D eigenvalue weighted by molar-refractivity contribution is -0.114. The maximum absolute atomic E-state index is 13.1. The predicted octanol–water partition coefficient (Wildman–Crippen LogP) is 2.29. The quantitative estimate of drug-likeness (QED) is 0.485. The molecule has 1 amide bonds. The molecule has 0 spiro atoms. The molecule has 1 aliphatic rings. The Hall–Kier alpha value is -3.03. The van der Waals surface area contributed by atoms with Gasteiger partial charge in [0.2, 0.25) is 26.0 Å². The van der Waals surface area contributed by atoms with Crippen LogP contribution in [-0.2, 0) is 24.8 Å². The average Bonchev–Trinajstić information content (AvgIpc) is 2.86. The van der Waals surface area contributed by atoms with E-state index in [1.165, 1.54) is 56.0 Å². The Kier molecular flexibility index (Phi) is 8.69. The van der Waals surface area contributed by atoms with E-state index in [2.05, 4.69) is 5.32 Å². The first-order valence-corrected chi connectivity index (χ1v) is 14.5. The number of ether oxygens (including phenoxy) is 3. The van der Waals surface area contributed by atoms with Crippen LogP contribution in [0.1, 0.15) is 19.3 Å². The highest BCUT2D eigenvalue weighted by Gasteiger charge is 2.28. The average molecular weight is 542 g/mol. The van der Waals surface area contributed by atoms with E-state index in [0.29, 0.717) is 18.8 Å². The zero-order valence-electron chi connectivity index (χ0n) is 20.7. The fourth-order valence-electron chi connectivity index (χ4n) is 3.89. The Morgan fingerprint density at radius 1 is 0.917 bits per heavy atom. The second-order valence-corrected chi connectivity index (χ2v) is 12.0. The van der Waals surface area contributed by atoms with Crippen molar-refractivity contribution < 1.29 is 35.8 Å². The van der Waals surface area contributed by atoms with Crippen molar-refractivity contribution in [3.63, 3.8) is 0 Å². The normalized spacial score (nSPS) is 14.7. The van der Waals surface area contributed by atoms with Crippen LogP contribution in [0, 0.1) is 0 Å². The summed E-state index contributed by atoms with van der Waals surface area (Å²) in [5.74, 6) is 0.169. The molecule has 1 heterocycles. The number of hydrogen-bond acceptors (Lipinski definition) is 8. The van der Waals surface area contributed by atoms with Crippen molar-refractivity contribution in [1.82, 2.24) is 4.31 Å². The van der Waals surface area contributed by atoms with Crippen LogP contribution in [-0.4, -0.2) is 74.3 Å². The molecule has 1 fully saturated rings. The molecule has 0 atom stereocenters. The number of nitrogens with one attached hydrogen (secondary N) is 1. The Morgan fingerprint density at radius 3 is 2.17 bits per heavy atom. The SMILES string of the molecule is COc1ccc(N(CC(=O)Nc2cc(S(=O)(=O)N3CCCCC3)ccc2OC)S(C)(=O)=O)c(OC)c1. The summed E-state index contributed by atoms with van der Waals surface area (Å²) in [5, 5.41) is 2.59. The fraction of sp³-hybridized carbons (Fsp3) is 0.435. The van der Waals surface area contributed by atoms with Crippen LogP contribution >= 0.6 is 0 Å². The number of hydrogen-bond donors (Lipinski definition) is 1. The van der Waals surface area contributed by atoms with Gasteiger partial charge in [0.05, 0.1) is 43.9 Å². The summed E-state index contributed by atoms with van der Waals surface area (Å²) in [5.41, 5.74) is 0.250. The second-order valence-electron chi connectivity index (χ2n) is 8.18. The lowest BCUT2D eigenvalue weighted by atomic mass is 10.2. The molecule has 0 aliphatic carbocycles. The Morgan fingerprint density at radius 2 is 1.58 bits per heavy atom. The van der Waals surface area contributed by atoms with Crippen LogP contribution < -0.4 is 23.8 Å². The van der Waals surface area contributed by atoms with Gasteiger partial charge in [-0.1, -0.05) is 6.42 Å². The molecule has 1 saturated heterocycles. The summed E-state index contributed by atoms with van der Waals surface area (Å²) in [6, 6.07) is 8.71. The smallest absolute Gasteiger partial charge is 0.245 e. The zero-order chi connectivity index (χ0) is 26.5. The number of anilines is 2. The third-order valence-corrected chi connectivity index (χ3v) is 8.76. The standard InChI is InChI=1S/C23H31N3O8S2/c1-32-17-8-10-20(22(14-17)34-3)26(35(4,28)29)16-23(27)24-19-15-18(9-11-21(19)33-2)36(30,31)25-12-6-5-7-13-25/h8-11,14-15H,5-7,12-13,16H2,1-4H3,(H,24,27). The van der Waals surface area contributed by atoms with Gasteiger partial charge in [-0.05, 0) is 43.2 Å². The van der Waals surface area contributed by atoms with Gasteiger partial charge in [-0.15, -0.1) is 0 Å². The van der Waals surface area contributed by atoms with Crippen molar-refractivity contribution in [1.29, 1.82) is 0 Å². The number of carbonyl (C=O) groups excluding carboxylic acids is 1. The topological polar surface area (TPSA) is 132 Å². The lowest BCUT2D eigenvalue weighted by Crippen LogP contribution is -2.38. The van der Waals surface area contributed by atoms with Crippen molar-refractivity contribution in [2.45, 2.75) is 24.2 Å². The van der Waals surface area contributed by atoms with Gasteiger partial charge in [-0.2, -0.15) is 4.31 Å². The van der Waals surface area contributed by atoms with Gasteiger partial charge in [0, 0.05) is 19.2 Å². The van der Waals surface area contributed by atoms with E-state index in [-0.39, 0.29) is 27.8 Å². The van der Waals surface area contributed by atoms with Crippen LogP contribution in [0.3, 0.4) is 0 Å². The van der Waals surface area contributed by atoms with Crippen molar-refractivity contribution in [3.8, 4) is 17.2 Å². The van der Waals surface area contributed by atoms with Crippen LogP contribution in [0.5, 0.6) is 17.2 Å². The van der Waals surface area contributed by atoms with Gasteiger partial charge in [0.25, 0.3) is 0 Å². The molecule has 2 aromatic rings. The Bertz CT molecular complexity index is 1310. The monoisotopic (exact) mass is 541 g/mol. The number of methoxy groups -OCH3 is 3. The minimum Gasteiger partial charge on any atom is -0.497 e. The van der Waals surface area contributed by atoms with E-state index in [1.54, 1.807) is 6.07 Å². The number of rotatable bonds is 10. The van der Waals surface area contributed by atoms with Gasteiger partial charge in [-0.3, -0.25) is 9.10 Å². The van der Waals surface area contributed by atoms with Gasteiger partial charge < -0.3 is 19.5 Å². The highest BCUT2D eigenvalue weighted by molar-refractivity contribution is 7.92. The molecule has 3 rings (SSSR count). The molecule has 11 nitrogen and oxygen atoms in total. The molecule has 0 radical (unpaired) electrons. The van der Waals surface area contributed by atoms with Crippen LogP contribution in [0.4, 0.5) is 11.4 Å². The number of carbonyl (C=O) groups is 1. The number of benzene rings is 2. The largest absolute Gasteiger partial charge is 0.497 e. The van der Waals surface area contributed by atoms with E-state index >= 15 is 0 Å². The minimum atomic E-state index is -3.90. The van der Waals surface area contributed by atoms with Crippen molar-refractivity contribution in [2.24, 2.45) is 0 Å². The van der Waals surface area contributed by atoms with E-state index in [9.17, 15) is 21.6 Å². The molecule has 0 aromatic heterocycles. The first-order valence-electron chi connectivity index (χ1n) is 11.2. The third-order valence-electron chi connectivity index (χ3n) is 5.74. The number of piperidine rings is 1. The minimum absolute atomic E-state index is 0.0114. The maximum Gasteiger partial charge on any atom is 0.245 e.